The fraction of sp³-hybridized carbons (Fsp3) is 0.323. The van der Waals surface area contributed by atoms with Crippen LogP contribution >= 0.6 is 34.7 Å². The van der Waals surface area contributed by atoms with E-state index in [1.165, 1.54) is 47.7 Å². The van der Waals surface area contributed by atoms with Crippen LogP contribution in [0.15, 0.2) is 66.7 Å². The van der Waals surface area contributed by atoms with Crippen LogP contribution in [-0.4, -0.2) is 45.6 Å². The van der Waals surface area contributed by atoms with Gasteiger partial charge in [0.15, 0.2) is 6.10 Å². The average molecular weight is 640 g/mol. The molecule has 1 atom stereocenters. The highest BCUT2D eigenvalue weighted by Gasteiger charge is 2.39. The third kappa shape index (κ3) is 6.45. The standard InChI is InChI=1S/C31H28Cl2F4N2O2S/c1-38(33)22-11-13-23(14-12-22)39(30(41)28-27(32)24-4-2-3-5-26(24)42-28)17-21-16-20(10-15-25(21)34)18-6-8-19(9-7-18)29(40)31(35,36)37/h2-10,15-16,22-23,29,40H,11-14,17H2,1H3. The van der Waals surface area contributed by atoms with Crippen molar-refractivity contribution in [2.75, 3.05) is 7.05 Å². The third-order valence-electron chi connectivity index (χ3n) is 7.86. The van der Waals surface area contributed by atoms with Gasteiger partial charge in [0.2, 0.25) is 0 Å². The molecule has 0 aliphatic heterocycles. The number of benzene rings is 3. The number of hydrogen-bond donors (Lipinski definition) is 1. The molecule has 1 N–H and O–H groups in total. The van der Waals surface area contributed by atoms with E-state index in [-0.39, 0.29) is 35.7 Å². The van der Waals surface area contributed by atoms with Crippen LogP contribution in [0.4, 0.5) is 17.6 Å². The molecule has 1 aromatic heterocycles. The van der Waals surface area contributed by atoms with Crippen LogP contribution in [-0.2, 0) is 6.54 Å². The monoisotopic (exact) mass is 638 g/mol. The van der Waals surface area contributed by atoms with Crippen molar-refractivity contribution in [1.82, 2.24) is 9.32 Å². The zero-order chi connectivity index (χ0) is 30.2. The summed E-state index contributed by atoms with van der Waals surface area (Å²) in [6.45, 7) is -0.0139. The average Bonchev–Trinajstić information content (AvgIpc) is 3.32. The van der Waals surface area contributed by atoms with Gasteiger partial charge in [-0.25, -0.2) is 8.81 Å². The lowest BCUT2D eigenvalue weighted by atomic mass is 9.89. The number of carbonyl (C=O) groups excluding carboxylic acids is 1. The van der Waals surface area contributed by atoms with E-state index in [0.717, 1.165) is 22.9 Å². The molecule has 11 heteroatoms. The molecule has 5 rings (SSSR count). The molecule has 1 heterocycles. The van der Waals surface area contributed by atoms with Gasteiger partial charge in [-0.1, -0.05) is 60.1 Å². The maximum atomic E-state index is 15.3. The van der Waals surface area contributed by atoms with Crippen molar-refractivity contribution < 1.29 is 27.5 Å². The first-order valence-electron chi connectivity index (χ1n) is 13.4. The highest BCUT2D eigenvalue weighted by atomic mass is 35.5. The molecular formula is C31H28Cl2F4N2O2S. The van der Waals surface area contributed by atoms with Crippen molar-refractivity contribution in [2.24, 2.45) is 0 Å². The summed E-state index contributed by atoms with van der Waals surface area (Å²) >= 11 is 14.2. The summed E-state index contributed by atoms with van der Waals surface area (Å²) in [6.07, 6.45) is -4.47. The predicted octanol–water partition coefficient (Wildman–Crippen LogP) is 9.00. The highest BCUT2D eigenvalue weighted by molar-refractivity contribution is 7.21. The van der Waals surface area contributed by atoms with Crippen molar-refractivity contribution in [2.45, 2.75) is 56.6 Å². The number of hydrogen-bond acceptors (Lipinski definition) is 4. The van der Waals surface area contributed by atoms with Crippen LogP contribution in [0.5, 0.6) is 0 Å². The Hall–Kier alpha value is -2.69. The second-order valence-corrected chi connectivity index (χ2v) is 12.5. The van der Waals surface area contributed by atoms with Crippen molar-refractivity contribution >= 4 is 50.7 Å². The summed E-state index contributed by atoms with van der Waals surface area (Å²) in [5, 5.41) is 10.7. The molecule has 1 aliphatic carbocycles. The van der Waals surface area contributed by atoms with Gasteiger partial charge in [-0.3, -0.25) is 4.79 Å². The van der Waals surface area contributed by atoms with E-state index in [1.54, 1.807) is 15.4 Å². The van der Waals surface area contributed by atoms with Crippen LogP contribution in [0.2, 0.25) is 5.02 Å². The van der Waals surface area contributed by atoms with E-state index >= 15 is 4.39 Å². The van der Waals surface area contributed by atoms with Gasteiger partial charge in [0.1, 0.15) is 10.7 Å². The molecule has 3 aromatic carbocycles. The summed E-state index contributed by atoms with van der Waals surface area (Å²) in [5.41, 5.74) is 1.10. The van der Waals surface area contributed by atoms with E-state index in [2.05, 4.69) is 0 Å². The third-order valence-corrected chi connectivity index (χ3v) is 9.80. The van der Waals surface area contributed by atoms with Crippen LogP contribution < -0.4 is 0 Å². The van der Waals surface area contributed by atoms with Crippen molar-refractivity contribution in [3.8, 4) is 11.1 Å². The fourth-order valence-corrected chi connectivity index (χ4v) is 7.14. The lowest BCUT2D eigenvalue weighted by Gasteiger charge is -2.38. The fourth-order valence-electron chi connectivity index (χ4n) is 5.48. The maximum absolute atomic E-state index is 15.3. The first kappa shape index (κ1) is 30.8. The summed E-state index contributed by atoms with van der Waals surface area (Å²) in [4.78, 5) is 16.2. The molecule has 0 saturated heterocycles. The maximum Gasteiger partial charge on any atom is 0.418 e. The van der Waals surface area contributed by atoms with Gasteiger partial charge in [-0.05, 0) is 72.3 Å². The summed E-state index contributed by atoms with van der Waals surface area (Å²) in [6, 6.07) is 17.2. The summed E-state index contributed by atoms with van der Waals surface area (Å²) in [7, 11) is 1.81. The zero-order valence-electron chi connectivity index (χ0n) is 22.5. The second kappa shape index (κ2) is 12.5. The molecule has 222 valence electrons. The molecule has 0 spiro atoms. The van der Waals surface area contributed by atoms with Crippen molar-refractivity contribution in [3.05, 3.63) is 93.6 Å². The van der Waals surface area contributed by atoms with Gasteiger partial charge in [0.25, 0.3) is 5.91 Å². The Morgan fingerprint density at radius 2 is 1.62 bits per heavy atom. The first-order valence-corrected chi connectivity index (χ1v) is 15.0. The minimum atomic E-state index is -4.78. The Balaban J connectivity index is 1.46. The Morgan fingerprint density at radius 3 is 2.24 bits per heavy atom. The number of aliphatic hydroxyl groups excluding tert-OH is 1. The molecule has 1 aliphatic rings. The Bertz CT molecular complexity index is 1570. The Kier molecular flexibility index (Phi) is 9.16. The SMILES string of the molecule is CN(Cl)C1CCC(N(Cc2cc(-c3ccc(C(O)C(F)(F)F)cc3)ccc2F)C(=O)c2sc3ccccc3c2Cl)CC1. The van der Waals surface area contributed by atoms with Gasteiger partial charge >= 0.3 is 6.18 Å². The number of aliphatic hydroxyl groups is 1. The van der Waals surface area contributed by atoms with E-state index < -0.39 is 18.1 Å². The number of amides is 1. The molecule has 1 amide bonds. The molecule has 0 bridgehead atoms. The van der Waals surface area contributed by atoms with Crippen LogP contribution in [0, 0.1) is 5.82 Å². The quantitative estimate of drug-likeness (QED) is 0.162. The smallest absolute Gasteiger partial charge is 0.379 e. The minimum Gasteiger partial charge on any atom is -0.379 e. The number of halogens is 6. The lowest BCUT2D eigenvalue weighted by Crippen LogP contribution is -2.44. The lowest BCUT2D eigenvalue weighted by molar-refractivity contribution is -0.206. The Labute approximate surface area is 255 Å². The largest absolute Gasteiger partial charge is 0.418 e. The van der Waals surface area contributed by atoms with Crippen LogP contribution in [0.3, 0.4) is 0 Å². The zero-order valence-corrected chi connectivity index (χ0v) is 24.9. The number of thiophene rings is 1. The molecule has 4 aromatic rings. The van der Waals surface area contributed by atoms with Gasteiger partial charge < -0.3 is 10.0 Å². The molecule has 1 unspecified atom stereocenters. The Morgan fingerprint density at radius 1 is 1.00 bits per heavy atom. The molecular weight excluding hydrogens is 611 g/mol. The molecule has 1 fully saturated rings. The number of alkyl halides is 3. The minimum absolute atomic E-state index is 0.0139. The van der Waals surface area contributed by atoms with Crippen molar-refractivity contribution in [3.63, 3.8) is 0 Å². The first-order chi connectivity index (χ1) is 19.9. The number of rotatable bonds is 7. The van der Waals surface area contributed by atoms with Crippen molar-refractivity contribution in [1.29, 1.82) is 0 Å². The van der Waals surface area contributed by atoms with Gasteiger partial charge in [0.05, 0.1) is 5.02 Å². The second-order valence-electron chi connectivity index (χ2n) is 10.5. The van der Waals surface area contributed by atoms with E-state index in [4.69, 9.17) is 23.4 Å². The number of fused-ring (bicyclic) bond motifs is 1. The van der Waals surface area contributed by atoms with E-state index in [1.807, 2.05) is 31.3 Å². The highest BCUT2D eigenvalue weighted by Crippen LogP contribution is 2.38. The van der Waals surface area contributed by atoms with Crippen LogP contribution in [0.25, 0.3) is 21.2 Å². The summed E-state index contributed by atoms with van der Waals surface area (Å²) < 4.78 is 56.6. The topological polar surface area (TPSA) is 43.8 Å². The molecule has 4 nitrogen and oxygen atoms in total. The van der Waals surface area contributed by atoms with E-state index in [9.17, 15) is 23.1 Å². The molecule has 1 saturated carbocycles. The molecule has 42 heavy (non-hydrogen) atoms. The van der Waals surface area contributed by atoms with Gasteiger partial charge in [0, 0.05) is 41.3 Å². The normalized spacial score (nSPS) is 18.4. The summed E-state index contributed by atoms with van der Waals surface area (Å²) in [5.74, 6) is -0.781. The molecule has 0 radical (unpaired) electrons. The van der Waals surface area contributed by atoms with Gasteiger partial charge in [-0.2, -0.15) is 13.2 Å². The van der Waals surface area contributed by atoms with E-state index in [0.29, 0.717) is 33.9 Å². The number of nitrogens with zero attached hydrogens (tertiary/aromatic N) is 2. The van der Waals surface area contributed by atoms with Crippen LogP contribution in [0.1, 0.15) is 52.6 Å². The van der Waals surface area contributed by atoms with Gasteiger partial charge in [-0.15, -0.1) is 11.3 Å². The number of carbonyl (C=O) groups is 1. The predicted molar refractivity (Wildman–Crippen MR) is 159 cm³/mol.